The molecule has 1 aromatic heterocycles. The van der Waals surface area contributed by atoms with Gasteiger partial charge in [0.25, 0.3) is 0 Å². The Bertz CT molecular complexity index is 442. The average Bonchev–Trinajstić information content (AvgIpc) is 2.88. The molecule has 0 fully saturated rings. The second kappa shape index (κ2) is 6.41. The first kappa shape index (κ1) is 12.9. The van der Waals surface area contributed by atoms with Gasteiger partial charge in [-0.25, -0.2) is 0 Å². The van der Waals surface area contributed by atoms with Gasteiger partial charge in [0.15, 0.2) is 0 Å². The van der Waals surface area contributed by atoms with Crippen LogP contribution in [-0.2, 0) is 13.0 Å². The lowest BCUT2D eigenvalue weighted by Gasteiger charge is -2.07. The van der Waals surface area contributed by atoms with Crippen LogP contribution in [0.1, 0.15) is 36.7 Å². The highest BCUT2D eigenvalue weighted by Gasteiger charge is 1.99. The van der Waals surface area contributed by atoms with Crippen molar-refractivity contribution in [3.05, 3.63) is 59.5 Å². The summed E-state index contributed by atoms with van der Waals surface area (Å²) in [7, 11) is 0. The maximum Gasteiger partial charge on any atom is 0.105 e. The fraction of sp³-hybridized carbons (Fsp3) is 0.375. The van der Waals surface area contributed by atoms with Gasteiger partial charge in [0.05, 0.1) is 6.26 Å². The molecule has 0 saturated heterocycles. The molecule has 0 spiro atoms. The summed E-state index contributed by atoms with van der Waals surface area (Å²) in [6.07, 6.45) is 2.66. The molecule has 2 heteroatoms. The van der Waals surface area contributed by atoms with Gasteiger partial charge >= 0.3 is 0 Å². The number of nitrogens with one attached hydrogen (secondary N) is 1. The molecule has 0 aliphatic rings. The van der Waals surface area contributed by atoms with E-state index >= 15 is 0 Å². The quantitative estimate of drug-likeness (QED) is 0.782. The smallest absolute Gasteiger partial charge is 0.105 e. The molecule has 2 rings (SSSR count). The number of hydrogen-bond donors (Lipinski definition) is 1. The van der Waals surface area contributed by atoms with Gasteiger partial charge in [-0.3, -0.25) is 0 Å². The first-order valence-corrected chi connectivity index (χ1v) is 6.57. The molecule has 96 valence electrons. The van der Waals surface area contributed by atoms with Gasteiger partial charge in [-0.2, -0.15) is 0 Å². The van der Waals surface area contributed by atoms with Crippen LogP contribution in [0.4, 0.5) is 0 Å². The first-order valence-electron chi connectivity index (χ1n) is 6.57. The summed E-state index contributed by atoms with van der Waals surface area (Å²) in [5.41, 5.74) is 2.73. The topological polar surface area (TPSA) is 25.2 Å². The van der Waals surface area contributed by atoms with Gasteiger partial charge in [-0.05, 0) is 29.2 Å². The van der Waals surface area contributed by atoms with Crippen LogP contribution >= 0.6 is 0 Å². The maximum atomic E-state index is 5.29. The van der Waals surface area contributed by atoms with Crippen LogP contribution in [0.15, 0.2) is 47.1 Å². The lowest BCUT2D eigenvalue weighted by molar-refractivity contribution is 0.499. The zero-order valence-electron chi connectivity index (χ0n) is 11.1. The summed E-state index contributed by atoms with van der Waals surface area (Å²) in [6, 6.07) is 12.8. The summed E-state index contributed by atoms with van der Waals surface area (Å²) < 4.78 is 5.29. The highest BCUT2D eigenvalue weighted by atomic mass is 16.3. The fourth-order valence-corrected chi connectivity index (χ4v) is 1.92. The third-order valence-electron chi connectivity index (χ3n) is 3.10. The lowest BCUT2D eigenvalue weighted by atomic mass is 10.0. The van der Waals surface area contributed by atoms with Crippen LogP contribution in [0.2, 0.25) is 0 Å². The van der Waals surface area contributed by atoms with Gasteiger partial charge in [0, 0.05) is 19.5 Å². The van der Waals surface area contributed by atoms with Crippen molar-refractivity contribution in [1.82, 2.24) is 5.32 Å². The molecular formula is C16H21NO. The normalized spacial score (nSPS) is 11.1. The molecule has 1 aromatic carbocycles. The highest BCUT2D eigenvalue weighted by Crippen LogP contribution is 2.14. The fourth-order valence-electron chi connectivity index (χ4n) is 1.92. The van der Waals surface area contributed by atoms with Gasteiger partial charge in [0.1, 0.15) is 5.76 Å². The molecule has 0 unspecified atom stereocenters. The molecule has 0 atom stereocenters. The van der Waals surface area contributed by atoms with Gasteiger partial charge < -0.3 is 9.73 Å². The molecule has 0 amide bonds. The van der Waals surface area contributed by atoms with Gasteiger partial charge in [-0.15, -0.1) is 0 Å². The molecule has 18 heavy (non-hydrogen) atoms. The largest absolute Gasteiger partial charge is 0.469 e. The average molecular weight is 243 g/mol. The Balaban J connectivity index is 1.73. The molecule has 2 aromatic rings. The Morgan fingerprint density at radius 3 is 2.50 bits per heavy atom. The van der Waals surface area contributed by atoms with Crippen LogP contribution < -0.4 is 5.32 Å². The maximum absolute atomic E-state index is 5.29. The SMILES string of the molecule is CC(C)c1ccc(CNCCc2ccco2)cc1. The third kappa shape index (κ3) is 3.74. The van der Waals surface area contributed by atoms with Crippen molar-refractivity contribution in [3.63, 3.8) is 0 Å². The summed E-state index contributed by atoms with van der Waals surface area (Å²) in [6.45, 7) is 6.30. The summed E-state index contributed by atoms with van der Waals surface area (Å²) in [4.78, 5) is 0. The van der Waals surface area contributed by atoms with Crippen LogP contribution in [0.25, 0.3) is 0 Å². The zero-order chi connectivity index (χ0) is 12.8. The van der Waals surface area contributed by atoms with Crippen molar-refractivity contribution in [3.8, 4) is 0 Å². The Morgan fingerprint density at radius 2 is 1.89 bits per heavy atom. The molecule has 2 nitrogen and oxygen atoms in total. The van der Waals surface area contributed by atoms with E-state index in [-0.39, 0.29) is 0 Å². The minimum Gasteiger partial charge on any atom is -0.469 e. The monoisotopic (exact) mass is 243 g/mol. The standard InChI is InChI=1S/C16H21NO/c1-13(2)15-7-5-14(6-8-15)12-17-10-9-16-4-3-11-18-16/h3-8,11,13,17H,9-10,12H2,1-2H3. The highest BCUT2D eigenvalue weighted by molar-refractivity contribution is 5.24. The number of furan rings is 1. The van der Waals surface area contributed by atoms with Crippen LogP contribution in [-0.4, -0.2) is 6.54 Å². The van der Waals surface area contributed by atoms with Crippen LogP contribution in [0.5, 0.6) is 0 Å². The molecule has 0 radical (unpaired) electrons. The Morgan fingerprint density at radius 1 is 1.11 bits per heavy atom. The van der Waals surface area contributed by atoms with E-state index in [9.17, 15) is 0 Å². The molecular weight excluding hydrogens is 222 g/mol. The van der Waals surface area contributed by atoms with E-state index in [1.54, 1.807) is 6.26 Å². The van der Waals surface area contributed by atoms with Crippen molar-refractivity contribution >= 4 is 0 Å². The van der Waals surface area contributed by atoms with E-state index in [1.165, 1.54) is 11.1 Å². The number of rotatable bonds is 6. The molecule has 0 aliphatic carbocycles. The molecule has 1 heterocycles. The summed E-state index contributed by atoms with van der Waals surface area (Å²) >= 11 is 0. The minimum absolute atomic E-state index is 0.603. The van der Waals surface area contributed by atoms with E-state index in [2.05, 4.69) is 43.4 Å². The summed E-state index contributed by atoms with van der Waals surface area (Å²) in [5.74, 6) is 1.64. The van der Waals surface area contributed by atoms with Crippen molar-refractivity contribution in [2.75, 3.05) is 6.54 Å². The molecule has 0 saturated carbocycles. The third-order valence-corrected chi connectivity index (χ3v) is 3.10. The van der Waals surface area contributed by atoms with Crippen molar-refractivity contribution in [2.45, 2.75) is 32.7 Å². The second-order valence-corrected chi connectivity index (χ2v) is 4.90. The minimum atomic E-state index is 0.603. The van der Waals surface area contributed by atoms with Crippen molar-refractivity contribution in [2.24, 2.45) is 0 Å². The number of hydrogen-bond acceptors (Lipinski definition) is 2. The predicted molar refractivity (Wildman–Crippen MR) is 74.6 cm³/mol. The van der Waals surface area contributed by atoms with E-state index < -0.39 is 0 Å². The molecule has 0 bridgehead atoms. The Labute approximate surface area is 109 Å². The Hall–Kier alpha value is -1.54. The summed E-state index contributed by atoms with van der Waals surface area (Å²) in [5, 5.41) is 3.43. The molecule has 1 N–H and O–H groups in total. The first-order chi connectivity index (χ1) is 8.75. The van der Waals surface area contributed by atoms with Gasteiger partial charge in [0.2, 0.25) is 0 Å². The van der Waals surface area contributed by atoms with Crippen LogP contribution in [0.3, 0.4) is 0 Å². The van der Waals surface area contributed by atoms with E-state index in [0.717, 1.165) is 25.3 Å². The zero-order valence-corrected chi connectivity index (χ0v) is 11.1. The predicted octanol–water partition coefficient (Wildman–Crippen LogP) is 3.74. The second-order valence-electron chi connectivity index (χ2n) is 4.90. The van der Waals surface area contributed by atoms with E-state index in [4.69, 9.17) is 4.42 Å². The van der Waals surface area contributed by atoms with E-state index in [1.807, 2.05) is 12.1 Å². The molecule has 0 aliphatic heterocycles. The van der Waals surface area contributed by atoms with Crippen LogP contribution in [0, 0.1) is 0 Å². The lowest BCUT2D eigenvalue weighted by Crippen LogP contribution is -2.16. The van der Waals surface area contributed by atoms with Crippen molar-refractivity contribution in [1.29, 1.82) is 0 Å². The Kier molecular flexibility index (Phi) is 4.59. The number of benzene rings is 1. The van der Waals surface area contributed by atoms with Gasteiger partial charge in [-0.1, -0.05) is 38.1 Å². The van der Waals surface area contributed by atoms with Crippen molar-refractivity contribution < 1.29 is 4.42 Å². The van der Waals surface area contributed by atoms with E-state index in [0.29, 0.717) is 5.92 Å².